The molecule has 0 saturated carbocycles. The Hall–Kier alpha value is -0.810. The Morgan fingerprint density at radius 1 is 1.30 bits per heavy atom. The zero-order chi connectivity index (χ0) is 14.1. The molecule has 0 radical (unpaired) electrons. The first-order valence-electron chi connectivity index (χ1n) is 7.25. The van der Waals surface area contributed by atoms with Crippen molar-refractivity contribution >= 4 is 39.1 Å². The molecule has 2 heterocycles. The Balaban J connectivity index is 1.92. The van der Waals surface area contributed by atoms with Gasteiger partial charge in [0.2, 0.25) is 0 Å². The number of thiophene rings is 1. The van der Waals surface area contributed by atoms with E-state index in [1.807, 2.05) is 30.1 Å². The second kappa shape index (κ2) is 5.90. The van der Waals surface area contributed by atoms with E-state index in [0.717, 1.165) is 29.1 Å². The van der Waals surface area contributed by atoms with E-state index in [1.165, 1.54) is 39.9 Å². The second-order valence-electron chi connectivity index (χ2n) is 5.68. The third-order valence-electron chi connectivity index (χ3n) is 3.53. The predicted molar refractivity (Wildman–Crippen MR) is 90.0 cm³/mol. The van der Waals surface area contributed by atoms with E-state index < -0.39 is 0 Å². The topological polar surface area (TPSA) is 37.8 Å². The van der Waals surface area contributed by atoms with Crippen LogP contribution in [0.15, 0.2) is 0 Å². The number of nitrogens with one attached hydrogen (secondary N) is 1. The monoisotopic (exact) mass is 307 g/mol. The number of hydrogen-bond acceptors (Lipinski definition) is 5. The molecule has 1 N–H and O–H groups in total. The van der Waals surface area contributed by atoms with Gasteiger partial charge in [0.25, 0.3) is 0 Å². The lowest BCUT2D eigenvalue weighted by Crippen LogP contribution is -2.01. The van der Waals surface area contributed by atoms with Gasteiger partial charge in [0.1, 0.15) is 16.5 Å². The Bertz CT molecular complexity index is 619. The van der Waals surface area contributed by atoms with Crippen LogP contribution in [-0.2, 0) is 18.6 Å². The highest BCUT2D eigenvalue weighted by Crippen LogP contribution is 2.39. The zero-order valence-corrected chi connectivity index (χ0v) is 14.0. The van der Waals surface area contributed by atoms with Crippen molar-refractivity contribution in [3.8, 4) is 0 Å². The Labute approximate surface area is 128 Å². The lowest BCUT2D eigenvalue weighted by Gasteiger charge is -2.07. The van der Waals surface area contributed by atoms with Crippen molar-refractivity contribution in [1.82, 2.24) is 9.97 Å². The highest BCUT2D eigenvalue weighted by molar-refractivity contribution is 7.98. The van der Waals surface area contributed by atoms with E-state index in [-0.39, 0.29) is 0 Å². The van der Waals surface area contributed by atoms with Crippen LogP contribution in [-0.4, -0.2) is 22.8 Å². The molecule has 0 aromatic carbocycles. The summed E-state index contributed by atoms with van der Waals surface area (Å²) < 4.78 is 0. The molecule has 3 nitrogen and oxygen atoms in total. The van der Waals surface area contributed by atoms with Crippen molar-refractivity contribution in [1.29, 1.82) is 0 Å². The van der Waals surface area contributed by atoms with Crippen LogP contribution in [0.2, 0.25) is 0 Å². The highest BCUT2D eigenvalue weighted by atomic mass is 32.2. The SMILES string of the molecule is CNc1nc(CSCC(C)C)nc2sc3c(c12)CCC3. The molecule has 108 valence electrons. The van der Waals surface area contributed by atoms with Crippen molar-refractivity contribution < 1.29 is 0 Å². The average molecular weight is 307 g/mol. The minimum Gasteiger partial charge on any atom is -0.372 e. The molecular formula is C15H21N3S2. The van der Waals surface area contributed by atoms with Gasteiger partial charge in [0.05, 0.1) is 11.1 Å². The van der Waals surface area contributed by atoms with Gasteiger partial charge in [-0.1, -0.05) is 13.8 Å². The molecule has 0 bridgehead atoms. The normalized spacial score (nSPS) is 14.2. The molecule has 3 rings (SSSR count). The lowest BCUT2D eigenvalue weighted by molar-refractivity contribution is 0.750. The van der Waals surface area contributed by atoms with Crippen molar-refractivity contribution in [3.63, 3.8) is 0 Å². The molecule has 0 aliphatic heterocycles. The molecule has 1 aliphatic carbocycles. The molecule has 0 unspecified atom stereocenters. The number of anilines is 1. The van der Waals surface area contributed by atoms with Crippen molar-refractivity contribution in [3.05, 3.63) is 16.3 Å². The molecule has 1 aliphatic rings. The molecule has 2 aromatic heterocycles. The number of rotatable bonds is 5. The number of thioether (sulfide) groups is 1. The first-order valence-corrected chi connectivity index (χ1v) is 9.22. The summed E-state index contributed by atoms with van der Waals surface area (Å²) in [7, 11) is 1.96. The summed E-state index contributed by atoms with van der Waals surface area (Å²) in [5.41, 5.74) is 1.50. The Morgan fingerprint density at radius 3 is 2.90 bits per heavy atom. The summed E-state index contributed by atoms with van der Waals surface area (Å²) in [6, 6.07) is 0. The largest absolute Gasteiger partial charge is 0.372 e. The number of nitrogens with zero attached hydrogens (tertiary/aromatic N) is 2. The van der Waals surface area contributed by atoms with Crippen LogP contribution < -0.4 is 5.32 Å². The molecule has 5 heteroatoms. The van der Waals surface area contributed by atoms with Crippen LogP contribution in [0.1, 0.15) is 36.5 Å². The van der Waals surface area contributed by atoms with E-state index in [4.69, 9.17) is 9.97 Å². The fraction of sp³-hybridized carbons (Fsp3) is 0.600. The smallest absolute Gasteiger partial charge is 0.142 e. The van der Waals surface area contributed by atoms with Crippen LogP contribution in [0, 0.1) is 5.92 Å². The number of aryl methyl sites for hydroxylation is 2. The van der Waals surface area contributed by atoms with E-state index in [9.17, 15) is 0 Å². The van der Waals surface area contributed by atoms with Crippen LogP contribution in [0.3, 0.4) is 0 Å². The molecular weight excluding hydrogens is 286 g/mol. The number of aromatic nitrogens is 2. The highest BCUT2D eigenvalue weighted by Gasteiger charge is 2.21. The summed E-state index contributed by atoms with van der Waals surface area (Å²) in [5.74, 6) is 4.78. The quantitative estimate of drug-likeness (QED) is 0.902. The van der Waals surface area contributed by atoms with Gasteiger partial charge in [0, 0.05) is 11.9 Å². The lowest BCUT2D eigenvalue weighted by atomic mass is 10.2. The summed E-state index contributed by atoms with van der Waals surface area (Å²) in [5, 5.41) is 4.55. The standard InChI is InChI=1S/C15H21N3S2/c1-9(2)7-19-8-12-17-14(16-3)13-10-5-4-6-11(10)20-15(13)18-12/h9H,4-8H2,1-3H3,(H,16,17,18). The molecule has 0 amide bonds. The maximum Gasteiger partial charge on any atom is 0.142 e. The van der Waals surface area contributed by atoms with E-state index >= 15 is 0 Å². The van der Waals surface area contributed by atoms with Crippen molar-refractivity contribution in [2.75, 3.05) is 18.1 Å². The number of hydrogen-bond donors (Lipinski definition) is 1. The maximum atomic E-state index is 4.79. The van der Waals surface area contributed by atoms with Gasteiger partial charge >= 0.3 is 0 Å². The first kappa shape index (κ1) is 14.1. The van der Waals surface area contributed by atoms with Crippen LogP contribution in [0.5, 0.6) is 0 Å². The van der Waals surface area contributed by atoms with E-state index in [1.54, 1.807) is 0 Å². The summed E-state index contributed by atoms with van der Waals surface area (Å²) in [4.78, 5) is 12.2. The van der Waals surface area contributed by atoms with Gasteiger partial charge < -0.3 is 5.32 Å². The summed E-state index contributed by atoms with van der Waals surface area (Å²) in [6.07, 6.45) is 3.69. The Morgan fingerprint density at radius 2 is 2.15 bits per heavy atom. The summed E-state index contributed by atoms with van der Waals surface area (Å²) >= 11 is 3.79. The van der Waals surface area contributed by atoms with E-state index in [2.05, 4.69) is 19.2 Å². The molecule has 2 aromatic rings. The fourth-order valence-corrected chi connectivity index (χ4v) is 4.85. The average Bonchev–Trinajstić information content (AvgIpc) is 2.97. The first-order chi connectivity index (χ1) is 9.69. The van der Waals surface area contributed by atoms with Crippen LogP contribution >= 0.6 is 23.1 Å². The predicted octanol–water partition coefficient (Wildman–Crippen LogP) is 4.11. The van der Waals surface area contributed by atoms with E-state index in [0.29, 0.717) is 0 Å². The zero-order valence-electron chi connectivity index (χ0n) is 12.3. The van der Waals surface area contributed by atoms with Crippen molar-refractivity contribution in [2.45, 2.75) is 38.9 Å². The molecule has 0 fully saturated rings. The maximum absolute atomic E-state index is 4.79. The molecule has 20 heavy (non-hydrogen) atoms. The molecule has 0 atom stereocenters. The van der Waals surface area contributed by atoms with Crippen LogP contribution in [0.4, 0.5) is 5.82 Å². The fourth-order valence-electron chi connectivity index (χ4n) is 2.67. The van der Waals surface area contributed by atoms with Gasteiger partial charge in [0.15, 0.2) is 0 Å². The van der Waals surface area contributed by atoms with Gasteiger partial charge in [-0.05, 0) is 36.5 Å². The van der Waals surface area contributed by atoms with Gasteiger partial charge in [-0.15, -0.1) is 11.3 Å². The van der Waals surface area contributed by atoms with Gasteiger partial charge in [-0.25, -0.2) is 9.97 Å². The molecule has 0 spiro atoms. The number of fused-ring (bicyclic) bond motifs is 3. The second-order valence-corrected chi connectivity index (χ2v) is 7.80. The summed E-state index contributed by atoms with van der Waals surface area (Å²) in [6.45, 7) is 4.50. The van der Waals surface area contributed by atoms with Gasteiger partial charge in [-0.2, -0.15) is 11.8 Å². The molecule has 0 saturated heterocycles. The third kappa shape index (κ3) is 2.66. The van der Waals surface area contributed by atoms with Crippen LogP contribution in [0.25, 0.3) is 10.2 Å². The minimum absolute atomic E-state index is 0.720. The third-order valence-corrected chi connectivity index (χ3v) is 6.08. The minimum atomic E-state index is 0.720. The van der Waals surface area contributed by atoms with Crippen molar-refractivity contribution in [2.24, 2.45) is 5.92 Å². The Kier molecular flexibility index (Phi) is 4.17. The van der Waals surface area contributed by atoms with Gasteiger partial charge in [-0.3, -0.25) is 0 Å².